The maximum Gasteiger partial charge on any atom is 0.273 e. The van der Waals surface area contributed by atoms with Crippen molar-refractivity contribution in [1.29, 1.82) is 0 Å². The normalized spacial score (nSPS) is 16.7. The van der Waals surface area contributed by atoms with E-state index in [0.29, 0.717) is 5.69 Å². The van der Waals surface area contributed by atoms with Crippen LogP contribution >= 0.6 is 0 Å². The first-order chi connectivity index (χ1) is 11.7. The molecule has 1 aliphatic heterocycles. The minimum atomic E-state index is -0.255. The highest BCUT2D eigenvalue weighted by Gasteiger charge is 2.16. The highest BCUT2D eigenvalue weighted by atomic mass is 16.2. The highest BCUT2D eigenvalue weighted by Crippen LogP contribution is 2.08. The van der Waals surface area contributed by atoms with E-state index in [1.807, 2.05) is 6.92 Å². The molecule has 3 heterocycles. The number of hydrogen-bond acceptors (Lipinski definition) is 7. The van der Waals surface area contributed by atoms with E-state index >= 15 is 0 Å². The number of rotatable bonds is 6. The van der Waals surface area contributed by atoms with Crippen molar-refractivity contribution in [3.05, 3.63) is 36.2 Å². The summed E-state index contributed by atoms with van der Waals surface area (Å²) in [5, 5.41) is 14.2. The molecule has 1 atom stereocenters. The summed E-state index contributed by atoms with van der Waals surface area (Å²) in [5.74, 6) is -0.255. The second-order valence-electron chi connectivity index (χ2n) is 5.79. The van der Waals surface area contributed by atoms with E-state index in [2.05, 4.69) is 35.8 Å². The van der Waals surface area contributed by atoms with Gasteiger partial charge in [0, 0.05) is 38.9 Å². The lowest BCUT2D eigenvalue weighted by atomic mass is 10.2. The van der Waals surface area contributed by atoms with E-state index in [9.17, 15) is 4.79 Å². The number of carbonyl (C=O) groups excluding carboxylic acids is 1. The van der Waals surface area contributed by atoms with Gasteiger partial charge in [0.15, 0.2) is 5.69 Å². The average molecular weight is 330 g/mol. The van der Waals surface area contributed by atoms with Crippen molar-refractivity contribution >= 4 is 5.91 Å². The summed E-state index contributed by atoms with van der Waals surface area (Å²) in [6.07, 6.45) is 4.80. The van der Waals surface area contributed by atoms with Crippen molar-refractivity contribution in [1.82, 2.24) is 40.5 Å². The van der Waals surface area contributed by atoms with Crippen LogP contribution in [0.25, 0.3) is 0 Å². The molecular formula is C15H22N8O. The topological polar surface area (TPSA) is 101 Å². The van der Waals surface area contributed by atoms with Gasteiger partial charge in [-0.15, -0.1) is 5.10 Å². The van der Waals surface area contributed by atoms with Crippen LogP contribution in [0.1, 0.15) is 29.1 Å². The molecule has 0 unspecified atom stereocenters. The van der Waals surface area contributed by atoms with Crippen LogP contribution in [0, 0.1) is 0 Å². The maximum absolute atomic E-state index is 12.3. The zero-order valence-electron chi connectivity index (χ0n) is 13.7. The first-order valence-corrected chi connectivity index (χ1v) is 8.12. The standard InChI is InChI=1S/C15H22N8O/c1-12(13-2-3-17-11-18-13)19-15(24)14-10-23(21-20-14)9-8-22-6-4-16-5-7-22/h2-3,10-12,16H,4-9H2,1H3,(H,19,24)/t12-/m1/s1. The molecule has 0 radical (unpaired) electrons. The first-order valence-electron chi connectivity index (χ1n) is 8.12. The van der Waals surface area contributed by atoms with Gasteiger partial charge in [0.1, 0.15) is 6.33 Å². The lowest BCUT2D eigenvalue weighted by molar-refractivity contribution is 0.0934. The Morgan fingerprint density at radius 1 is 1.38 bits per heavy atom. The third kappa shape index (κ3) is 4.33. The minimum absolute atomic E-state index is 0.216. The average Bonchev–Trinajstić information content (AvgIpc) is 3.11. The van der Waals surface area contributed by atoms with Crippen molar-refractivity contribution < 1.29 is 4.79 Å². The molecule has 0 aromatic carbocycles. The third-order valence-electron chi connectivity index (χ3n) is 4.02. The van der Waals surface area contributed by atoms with E-state index in [0.717, 1.165) is 45.0 Å². The van der Waals surface area contributed by atoms with Gasteiger partial charge in [-0.3, -0.25) is 14.4 Å². The Labute approximate surface area is 140 Å². The molecular weight excluding hydrogens is 308 g/mol. The molecule has 0 aliphatic carbocycles. The third-order valence-corrected chi connectivity index (χ3v) is 4.02. The summed E-state index contributed by atoms with van der Waals surface area (Å²) in [6, 6.07) is 1.56. The molecule has 128 valence electrons. The quantitative estimate of drug-likeness (QED) is 0.734. The molecule has 1 fully saturated rings. The fourth-order valence-corrected chi connectivity index (χ4v) is 2.59. The van der Waals surface area contributed by atoms with E-state index in [1.165, 1.54) is 6.33 Å². The Bertz CT molecular complexity index is 653. The van der Waals surface area contributed by atoms with E-state index in [-0.39, 0.29) is 11.9 Å². The number of hydrogen-bond donors (Lipinski definition) is 2. The van der Waals surface area contributed by atoms with E-state index in [4.69, 9.17) is 0 Å². The Kier molecular flexibility index (Phi) is 5.44. The van der Waals surface area contributed by atoms with Gasteiger partial charge in [-0.2, -0.15) is 0 Å². The van der Waals surface area contributed by atoms with Gasteiger partial charge >= 0.3 is 0 Å². The molecule has 2 aromatic heterocycles. The fraction of sp³-hybridized carbons (Fsp3) is 0.533. The van der Waals surface area contributed by atoms with Crippen molar-refractivity contribution in [2.24, 2.45) is 0 Å². The number of aromatic nitrogens is 5. The van der Waals surface area contributed by atoms with Crippen LogP contribution in [0.15, 0.2) is 24.8 Å². The number of amides is 1. The molecule has 1 aliphatic rings. The summed E-state index contributed by atoms with van der Waals surface area (Å²) >= 11 is 0. The highest BCUT2D eigenvalue weighted by molar-refractivity contribution is 5.92. The molecule has 0 spiro atoms. The van der Waals surface area contributed by atoms with Crippen LogP contribution in [-0.2, 0) is 6.54 Å². The maximum atomic E-state index is 12.3. The van der Waals surface area contributed by atoms with Gasteiger partial charge in [0.2, 0.25) is 0 Å². The van der Waals surface area contributed by atoms with Gasteiger partial charge in [-0.05, 0) is 13.0 Å². The number of nitrogens with zero attached hydrogens (tertiary/aromatic N) is 6. The largest absolute Gasteiger partial charge is 0.342 e. The Hall–Kier alpha value is -2.39. The van der Waals surface area contributed by atoms with E-state index in [1.54, 1.807) is 23.1 Å². The molecule has 0 saturated carbocycles. The minimum Gasteiger partial charge on any atom is -0.342 e. The smallest absolute Gasteiger partial charge is 0.273 e. The van der Waals surface area contributed by atoms with E-state index < -0.39 is 0 Å². The zero-order valence-corrected chi connectivity index (χ0v) is 13.7. The molecule has 3 rings (SSSR count). The number of piperazine rings is 1. The van der Waals surface area contributed by atoms with Crippen molar-refractivity contribution in [3.8, 4) is 0 Å². The number of nitrogens with one attached hydrogen (secondary N) is 2. The SMILES string of the molecule is C[C@@H](NC(=O)c1cn(CCN2CCNCC2)nn1)c1ccncn1. The lowest BCUT2D eigenvalue weighted by Crippen LogP contribution is -2.44. The van der Waals surface area contributed by atoms with Gasteiger partial charge in [0.25, 0.3) is 5.91 Å². The Morgan fingerprint density at radius 3 is 2.96 bits per heavy atom. The van der Waals surface area contributed by atoms with Crippen molar-refractivity contribution in [2.75, 3.05) is 32.7 Å². The Morgan fingerprint density at radius 2 is 2.21 bits per heavy atom. The zero-order chi connectivity index (χ0) is 16.8. The summed E-state index contributed by atoms with van der Waals surface area (Å²) in [4.78, 5) is 22.6. The summed E-state index contributed by atoms with van der Waals surface area (Å²) in [6.45, 7) is 7.62. The molecule has 24 heavy (non-hydrogen) atoms. The predicted molar refractivity (Wildman–Crippen MR) is 87.2 cm³/mol. The molecule has 0 bridgehead atoms. The summed E-state index contributed by atoms with van der Waals surface area (Å²) in [5.41, 5.74) is 1.07. The number of carbonyl (C=O) groups is 1. The van der Waals surface area contributed by atoms with Crippen LogP contribution in [-0.4, -0.2) is 68.5 Å². The monoisotopic (exact) mass is 330 g/mol. The molecule has 1 amide bonds. The first kappa shape index (κ1) is 16.5. The van der Waals surface area contributed by atoms with Crippen LogP contribution < -0.4 is 10.6 Å². The van der Waals surface area contributed by atoms with Crippen LogP contribution in [0.5, 0.6) is 0 Å². The van der Waals surface area contributed by atoms with Crippen molar-refractivity contribution in [2.45, 2.75) is 19.5 Å². The van der Waals surface area contributed by atoms with Gasteiger partial charge in [-0.1, -0.05) is 5.21 Å². The second kappa shape index (κ2) is 7.93. The van der Waals surface area contributed by atoms with Crippen LogP contribution in [0.4, 0.5) is 0 Å². The second-order valence-corrected chi connectivity index (χ2v) is 5.79. The molecule has 9 heteroatoms. The van der Waals surface area contributed by atoms with Crippen LogP contribution in [0.3, 0.4) is 0 Å². The fourth-order valence-electron chi connectivity index (χ4n) is 2.59. The van der Waals surface area contributed by atoms with Gasteiger partial charge in [-0.25, -0.2) is 9.97 Å². The summed E-state index contributed by atoms with van der Waals surface area (Å²) in [7, 11) is 0. The molecule has 2 N–H and O–H groups in total. The Balaban J connectivity index is 1.51. The lowest BCUT2D eigenvalue weighted by Gasteiger charge is -2.26. The predicted octanol–water partition coefficient (Wildman–Crippen LogP) is -0.536. The molecule has 1 saturated heterocycles. The van der Waals surface area contributed by atoms with Crippen molar-refractivity contribution in [3.63, 3.8) is 0 Å². The molecule has 2 aromatic rings. The van der Waals surface area contributed by atoms with Gasteiger partial charge < -0.3 is 10.6 Å². The molecule has 9 nitrogen and oxygen atoms in total. The van der Waals surface area contributed by atoms with Crippen LogP contribution in [0.2, 0.25) is 0 Å². The summed E-state index contributed by atoms with van der Waals surface area (Å²) < 4.78 is 1.71. The van der Waals surface area contributed by atoms with Gasteiger partial charge in [0.05, 0.1) is 24.5 Å².